The first kappa shape index (κ1) is 17.0. The van der Waals surface area contributed by atoms with E-state index in [1.165, 1.54) is 0 Å². The second-order valence-corrected chi connectivity index (χ2v) is 6.68. The van der Waals surface area contributed by atoms with Gasteiger partial charge in [-0.1, -0.05) is 12.1 Å². The molecule has 2 aromatic heterocycles. The number of rotatable bonds is 3. The molecule has 24 heavy (non-hydrogen) atoms. The molecule has 3 heterocycles. The molecule has 0 unspecified atom stereocenters. The molecular weight excluding hydrogens is 344 g/mol. The summed E-state index contributed by atoms with van der Waals surface area (Å²) in [4.78, 5) is 17.8. The highest BCUT2D eigenvalue weighted by Crippen LogP contribution is 2.23. The Labute approximate surface area is 150 Å². The van der Waals surface area contributed by atoms with Crippen molar-refractivity contribution in [2.24, 2.45) is 5.92 Å². The fraction of sp³-hybridized carbons (Fsp3) is 0.294. The minimum Gasteiger partial charge on any atom is -0.326 e. The third-order valence-corrected chi connectivity index (χ3v) is 5.02. The fourth-order valence-electron chi connectivity index (χ4n) is 2.92. The van der Waals surface area contributed by atoms with Crippen molar-refractivity contribution in [3.8, 4) is 11.3 Å². The number of carbonyl (C=O) groups excluding carboxylic acids is 1. The minimum atomic E-state index is 0. The number of carbonyl (C=O) groups is 1. The Hall–Kier alpha value is -1.89. The van der Waals surface area contributed by atoms with Gasteiger partial charge in [0.2, 0.25) is 5.91 Å². The zero-order valence-corrected chi connectivity index (χ0v) is 14.7. The number of piperidine rings is 1. The third kappa shape index (κ3) is 3.45. The van der Waals surface area contributed by atoms with Gasteiger partial charge in [0.05, 0.1) is 5.69 Å². The molecular formula is C17H19ClN4OS. The molecule has 0 atom stereocenters. The first-order valence-corrected chi connectivity index (χ1v) is 8.72. The van der Waals surface area contributed by atoms with Crippen molar-refractivity contribution >= 4 is 40.3 Å². The van der Waals surface area contributed by atoms with Crippen molar-refractivity contribution in [3.63, 3.8) is 0 Å². The first-order valence-electron chi connectivity index (χ1n) is 7.84. The van der Waals surface area contributed by atoms with Crippen molar-refractivity contribution in [1.29, 1.82) is 0 Å². The minimum absolute atomic E-state index is 0. The van der Waals surface area contributed by atoms with E-state index in [1.54, 1.807) is 11.3 Å². The Morgan fingerprint density at radius 2 is 2.00 bits per heavy atom. The highest BCUT2D eigenvalue weighted by Gasteiger charge is 2.20. The van der Waals surface area contributed by atoms with Crippen LogP contribution in [0.15, 0.2) is 42.0 Å². The van der Waals surface area contributed by atoms with Gasteiger partial charge in [-0.3, -0.25) is 9.20 Å². The van der Waals surface area contributed by atoms with E-state index in [2.05, 4.69) is 15.6 Å². The molecule has 0 bridgehead atoms. The van der Waals surface area contributed by atoms with Crippen LogP contribution >= 0.6 is 23.7 Å². The van der Waals surface area contributed by atoms with Crippen LogP contribution in [0.4, 0.5) is 5.69 Å². The van der Waals surface area contributed by atoms with Gasteiger partial charge in [0, 0.05) is 34.9 Å². The number of halogens is 1. The number of thiazole rings is 1. The van der Waals surface area contributed by atoms with Crippen LogP contribution in [0.2, 0.25) is 0 Å². The number of hydrogen-bond donors (Lipinski definition) is 2. The molecule has 7 heteroatoms. The van der Waals surface area contributed by atoms with Crippen LogP contribution in [-0.2, 0) is 4.79 Å². The Morgan fingerprint density at radius 1 is 1.25 bits per heavy atom. The number of imidazole rings is 1. The van der Waals surface area contributed by atoms with Crippen molar-refractivity contribution in [1.82, 2.24) is 14.7 Å². The topological polar surface area (TPSA) is 58.4 Å². The summed E-state index contributed by atoms with van der Waals surface area (Å²) < 4.78 is 2.02. The largest absolute Gasteiger partial charge is 0.326 e. The maximum Gasteiger partial charge on any atom is 0.227 e. The number of fused-ring (bicyclic) bond motifs is 1. The predicted molar refractivity (Wildman–Crippen MR) is 100.0 cm³/mol. The molecule has 1 saturated heterocycles. The Balaban J connectivity index is 0.00000169. The van der Waals surface area contributed by atoms with Crippen LogP contribution in [0, 0.1) is 5.92 Å². The molecule has 1 fully saturated rings. The SMILES string of the molecule is Cl.O=C(Nc1ccc(-c2cn3ccsc3n2)cc1)C1CCNCC1. The van der Waals surface area contributed by atoms with Crippen LogP contribution in [0.3, 0.4) is 0 Å². The fourth-order valence-corrected chi connectivity index (χ4v) is 3.62. The average Bonchev–Trinajstić information content (AvgIpc) is 3.18. The second kappa shape index (κ2) is 7.34. The van der Waals surface area contributed by atoms with Crippen LogP contribution in [0.1, 0.15) is 12.8 Å². The maximum atomic E-state index is 12.3. The molecule has 5 nitrogen and oxygen atoms in total. The highest BCUT2D eigenvalue weighted by atomic mass is 35.5. The maximum absolute atomic E-state index is 12.3. The van der Waals surface area contributed by atoms with E-state index in [-0.39, 0.29) is 24.2 Å². The number of nitrogens with one attached hydrogen (secondary N) is 2. The van der Waals surface area contributed by atoms with Gasteiger partial charge in [0.15, 0.2) is 4.96 Å². The summed E-state index contributed by atoms with van der Waals surface area (Å²) in [6.45, 7) is 1.85. The third-order valence-electron chi connectivity index (χ3n) is 4.25. The molecule has 3 aromatic rings. The molecule has 0 aliphatic carbocycles. The molecule has 0 saturated carbocycles. The van der Waals surface area contributed by atoms with Crippen molar-refractivity contribution in [3.05, 3.63) is 42.0 Å². The van der Waals surface area contributed by atoms with Crippen molar-refractivity contribution in [2.45, 2.75) is 12.8 Å². The van der Waals surface area contributed by atoms with E-state index in [1.807, 2.05) is 46.4 Å². The molecule has 1 aliphatic rings. The number of aromatic nitrogens is 2. The Kier molecular flexibility index (Phi) is 5.18. The van der Waals surface area contributed by atoms with Gasteiger partial charge in [-0.05, 0) is 38.1 Å². The quantitative estimate of drug-likeness (QED) is 0.750. The number of amides is 1. The van der Waals surface area contributed by atoms with E-state index in [4.69, 9.17) is 0 Å². The van der Waals surface area contributed by atoms with E-state index in [0.29, 0.717) is 0 Å². The highest BCUT2D eigenvalue weighted by molar-refractivity contribution is 7.15. The lowest BCUT2D eigenvalue weighted by Gasteiger charge is -2.21. The normalized spacial score (nSPS) is 15.2. The number of benzene rings is 1. The lowest BCUT2D eigenvalue weighted by Crippen LogP contribution is -2.34. The average molecular weight is 363 g/mol. The number of anilines is 1. The lowest BCUT2D eigenvalue weighted by molar-refractivity contribution is -0.120. The van der Waals surface area contributed by atoms with Gasteiger partial charge in [-0.25, -0.2) is 4.98 Å². The Bertz CT molecular complexity index is 792. The van der Waals surface area contributed by atoms with E-state index in [9.17, 15) is 4.79 Å². The monoisotopic (exact) mass is 362 g/mol. The van der Waals surface area contributed by atoms with Crippen molar-refractivity contribution in [2.75, 3.05) is 18.4 Å². The van der Waals surface area contributed by atoms with Gasteiger partial charge in [0.25, 0.3) is 0 Å². The molecule has 126 valence electrons. The van der Waals surface area contributed by atoms with Gasteiger partial charge in [0.1, 0.15) is 0 Å². The smallest absolute Gasteiger partial charge is 0.227 e. The van der Waals surface area contributed by atoms with E-state index in [0.717, 1.165) is 47.8 Å². The van der Waals surface area contributed by atoms with Crippen LogP contribution in [0.5, 0.6) is 0 Å². The zero-order valence-electron chi connectivity index (χ0n) is 13.1. The summed E-state index contributed by atoms with van der Waals surface area (Å²) in [6, 6.07) is 7.90. The molecule has 2 N–H and O–H groups in total. The molecule has 1 aromatic carbocycles. The van der Waals surface area contributed by atoms with Crippen molar-refractivity contribution < 1.29 is 4.79 Å². The second-order valence-electron chi connectivity index (χ2n) is 5.81. The molecule has 1 amide bonds. The summed E-state index contributed by atoms with van der Waals surface area (Å²) >= 11 is 1.62. The van der Waals surface area contributed by atoms with Crippen LogP contribution in [-0.4, -0.2) is 28.4 Å². The summed E-state index contributed by atoms with van der Waals surface area (Å²) in [6.07, 6.45) is 5.85. The number of nitrogens with zero attached hydrogens (tertiary/aromatic N) is 2. The van der Waals surface area contributed by atoms with Crippen LogP contribution < -0.4 is 10.6 Å². The van der Waals surface area contributed by atoms with Gasteiger partial charge in [-0.2, -0.15) is 0 Å². The van der Waals surface area contributed by atoms with E-state index < -0.39 is 0 Å². The van der Waals surface area contributed by atoms with Gasteiger partial charge < -0.3 is 10.6 Å². The zero-order chi connectivity index (χ0) is 15.6. The number of hydrogen-bond acceptors (Lipinski definition) is 4. The molecule has 0 spiro atoms. The predicted octanol–water partition coefficient (Wildman–Crippen LogP) is 3.42. The lowest BCUT2D eigenvalue weighted by atomic mass is 9.97. The van der Waals surface area contributed by atoms with Gasteiger partial charge in [-0.15, -0.1) is 23.7 Å². The van der Waals surface area contributed by atoms with Crippen LogP contribution in [0.25, 0.3) is 16.2 Å². The van der Waals surface area contributed by atoms with Gasteiger partial charge >= 0.3 is 0 Å². The summed E-state index contributed by atoms with van der Waals surface area (Å²) in [7, 11) is 0. The summed E-state index contributed by atoms with van der Waals surface area (Å²) in [5.41, 5.74) is 2.85. The molecule has 0 radical (unpaired) electrons. The summed E-state index contributed by atoms with van der Waals surface area (Å²) in [5, 5.41) is 8.32. The first-order chi connectivity index (χ1) is 11.3. The van der Waals surface area contributed by atoms with E-state index >= 15 is 0 Å². The molecule has 1 aliphatic heterocycles. The Morgan fingerprint density at radius 3 is 2.71 bits per heavy atom. The summed E-state index contributed by atoms with van der Waals surface area (Å²) in [5.74, 6) is 0.248. The molecule has 4 rings (SSSR count). The standard InChI is InChI=1S/C17H18N4OS.ClH/c22-16(13-5-7-18-8-6-13)19-14-3-1-12(2-4-14)15-11-21-9-10-23-17(21)20-15;/h1-4,9-11,13,18H,5-8H2,(H,19,22);1H.